The summed E-state index contributed by atoms with van der Waals surface area (Å²) in [6.07, 6.45) is 4.23. The van der Waals surface area contributed by atoms with Gasteiger partial charge in [0.2, 0.25) is 5.95 Å². The predicted octanol–water partition coefficient (Wildman–Crippen LogP) is 1.32. The van der Waals surface area contributed by atoms with Crippen LogP contribution >= 0.6 is 0 Å². The van der Waals surface area contributed by atoms with Gasteiger partial charge in [-0.05, 0) is 46.0 Å². The molecule has 4 nitrogen and oxygen atoms in total. The van der Waals surface area contributed by atoms with Crippen LogP contribution in [0.15, 0.2) is 12.3 Å². The van der Waals surface area contributed by atoms with Gasteiger partial charge < -0.3 is 9.80 Å². The number of hydrogen-bond acceptors (Lipinski definition) is 4. The van der Waals surface area contributed by atoms with E-state index in [4.69, 9.17) is 0 Å². The maximum absolute atomic E-state index is 4.47. The summed E-state index contributed by atoms with van der Waals surface area (Å²) in [6.45, 7) is 4.34. The zero-order valence-corrected chi connectivity index (χ0v) is 10.3. The van der Waals surface area contributed by atoms with Gasteiger partial charge in [0.15, 0.2) is 0 Å². The van der Waals surface area contributed by atoms with Crippen LogP contribution in [0.5, 0.6) is 0 Å². The fourth-order valence-electron chi connectivity index (χ4n) is 2.15. The summed E-state index contributed by atoms with van der Waals surface area (Å²) in [4.78, 5) is 13.4. The lowest BCUT2D eigenvalue weighted by Gasteiger charge is -2.35. The van der Waals surface area contributed by atoms with Crippen LogP contribution in [0.4, 0.5) is 5.95 Å². The zero-order valence-electron chi connectivity index (χ0n) is 10.3. The predicted molar refractivity (Wildman–Crippen MR) is 65.7 cm³/mol. The quantitative estimate of drug-likeness (QED) is 0.752. The largest absolute Gasteiger partial charge is 0.341 e. The first kappa shape index (κ1) is 11.3. The molecule has 0 bridgehead atoms. The SMILES string of the molecule is Cc1ccnc(N(C)C2CCN(C)CC2)n1. The lowest BCUT2D eigenvalue weighted by Crippen LogP contribution is -2.42. The Morgan fingerprint density at radius 3 is 2.69 bits per heavy atom. The molecule has 0 spiro atoms. The van der Waals surface area contributed by atoms with Gasteiger partial charge in [-0.25, -0.2) is 9.97 Å². The van der Waals surface area contributed by atoms with Crippen LogP contribution in [0.2, 0.25) is 0 Å². The first-order chi connectivity index (χ1) is 7.66. The Kier molecular flexibility index (Phi) is 3.39. The Labute approximate surface area is 97.3 Å². The summed E-state index contributed by atoms with van der Waals surface area (Å²) in [5.74, 6) is 0.856. The average Bonchev–Trinajstić information content (AvgIpc) is 2.29. The van der Waals surface area contributed by atoms with Crippen molar-refractivity contribution in [1.82, 2.24) is 14.9 Å². The normalized spacial score (nSPS) is 18.7. The minimum Gasteiger partial charge on any atom is -0.341 e. The molecule has 2 heterocycles. The van der Waals surface area contributed by atoms with Crippen molar-refractivity contribution in [3.05, 3.63) is 18.0 Å². The molecule has 16 heavy (non-hydrogen) atoms. The minimum absolute atomic E-state index is 0.581. The molecule has 0 aliphatic carbocycles. The maximum Gasteiger partial charge on any atom is 0.225 e. The second-order valence-electron chi connectivity index (χ2n) is 4.64. The summed E-state index contributed by atoms with van der Waals surface area (Å²) in [5.41, 5.74) is 1.03. The van der Waals surface area contributed by atoms with E-state index in [1.807, 2.05) is 19.2 Å². The molecule has 88 valence electrons. The van der Waals surface area contributed by atoms with Gasteiger partial charge in [0.25, 0.3) is 0 Å². The highest BCUT2D eigenvalue weighted by atomic mass is 15.3. The van der Waals surface area contributed by atoms with E-state index in [0.717, 1.165) is 11.6 Å². The Balaban J connectivity index is 2.04. The standard InChI is InChI=1S/C12H20N4/c1-10-4-7-13-12(14-10)16(3)11-5-8-15(2)9-6-11/h4,7,11H,5-6,8-9H2,1-3H3. The van der Waals surface area contributed by atoms with Crippen molar-refractivity contribution >= 4 is 5.95 Å². The molecule has 1 aliphatic rings. The highest BCUT2D eigenvalue weighted by molar-refractivity contribution is 5.30. The number of piperidine rings is 1. The third-order valence-electron chi connectivity index (χ3n) is 3.33. The smallest absolute Gasteiger partial charge is 0.225 e. The third kappa shape index (κ3) is 2.50. The van der Waals surface area contributed by atoms with Gasteiger partial charge in [-0.3, -0.25) is 0 Å². The molecule has 0 atom stereocenters. The van der Waals surface area contributed by atoms with Gasteiger partial charge >= 0.3 is 0 Å². The maximum atomic E-state index is 4.47. The lowest BCUT2D eigenvalue weighted by molar-refractivity contribution is 0.252. The average molecular weight is 220 g/mol. The van der Waals surface area contributed by atoms with E-state index in [1.165, 1.54) is 25.9 Å². The van der Waals surface area contributed by atoms with Crippen molar-refractivity contribution < 1.29 is 0 Å². The number of aromatic nitrogens is 2. The van der Waals surface area contributed by atoms with Crippen molar-refractivity contribution in [2.45, 2.75) is 25.8 Å². The summed E-state index contributed by atoms with van der Waals surface area (Å²) in [7, 11) is 4.28. The Hall–Kier alpha value is -1.16. The molecule has 1 aromatic heterocycles. The number of hydrogen-bond donors (Lipinski definition) is 0. The molecule has 0 radical (unpaired) electrons. The van der Waals surface area contributed by atoms with Crippen LogP contribution in [-0.4, -0.2) is 48.1 Å². The van der Waals surface area contributed by atoms with Crippen molar-refractivity contribution in [3.8, 4) is 0 Å². The van der Waals surface area contributed by atoms with Gasteiger partial charge in [0, 0.05) is 25.0 Å². The number of aryl methyl sites for hydroxylation is 1. The van der Waals surface area contributed by atoms with Crippen LogP contribution in [0.1, 0.15) is 18.5 Å². The van der Waals surface area contributed by atoms with E-state index in [-0.39, 0.29) is 0 Å². The highest BCUT2D eigenvalue weighted by Gasteiger charge is 2.21. The molecule has 1 fully saturated rings. The monoisotopic (exact) mass is 220 g/mol. The Bertz CT molecular complexity index is 345. The van der Waals surface area contributed by atoms with Crippen LogP contribution in [0.25, 0.3) is 0 Å². The molecule has 2 rings (SSSR count). The molecule has 1 saturated heterocycles. The number of nitrogens with zero attached hydrogens (tertiary/aromatic N) is 4. The van der Waals surface area contributed by atoms with Crippen molar-refractivity contribution in [3.63, 3.8) is 0 Å². The highest BCUT2D eigenvalue weighted by Crippen LogP contribution is 2.18. The van der Waals surface area contributed by atoms with Crippen LogP contribution in [0, 0.1) is 6.92 Å². The van der Waals surface area contributed by atoms with Gasteiger partial charge in [-0.1, -0.05) is 0 Å². The number of rotatable bonds is 2. The molecule has 0 N–H and O–H groups in total. The molecule has 0 aromatic carbocycles. The molecule has 1 aliphatic heterocycles. The first-order valence-corrected chi connectivity index (χ1v) is 5.88. The summed E-state index contributed by atoms with van der Waals surface area (Å²) >= 11 is 0. The number of anilines is 1. The first-order valence-electron chi connectivity index (χ1n) is 5.88. The van der Waals surface area contributed by atoms with Crippen LogP contribution in [0.3, 0.4) is 0 Å². The molecular formula is C12H20N4. The van der Waals surface area contributed by atoms with Crippen LogP contribution < -0.4 is 4.90 Å². The minimum atomic E-state index is 0.581. The zero-order chi connectivity index (χ0) is 11.5. The van der Waals surface area contributed by atoms with E-state index in [2.05, 4.69) is 33.9 Å². The topological polar surface area (TPSA) is 32.3 Å². The van der Waals surface area contributed by atoms with Gasteiger partial charge in [0.1, 0.15) is 0 Å². The van der Waals surface area contributed by atoms with E-state index in [1.54, 1.807) is 0 Å². The fraction of sp³-hybridized carbons (Fsp3) is 0.667. The van der Waals surface area contributed by atoms with Crippen molar-refractivity contribution in [1.29, 1.82) is 0 Å². The molecule has 0 amide bonds. The second kappa shape index (κ2) is 4.78. The molecule has 0 unspecified atom stereocenters. The van der Waals surface area contributed by atoms with Crippen molar-refractivity contribution in [2.75, 3.05) is 32.1 Å². The lowest BCUT2D eigenvalue weighted by atomic mass is 10.0. The third-order valence-corrected chi connectivity index (χ3v) is 3.33. The Morgan fingerprint density at radius 2 is 2.06 bits per heavy atom. The van der Waals surface area contributed by atoms with Gasteiger partial charge in [-0.2, -0.15) is 0 Å². The van der Waals surface area contributed by atoms with Crippen LogP contribution in [-0.2, 0) is 0 Å². The number of likely N-dealkylation sites (tertiary alicyclic amines) is 1. The van der Waals surface area contributed by atoms with Gasteiger partial charge in [0.05, 0.1) is 0 Å². The molecule has 1 aromatic rings. The van der Waals surface area contributed by atoms with E-state index in [0.29, 0.717) is 6.04 Å². The van der Waals surface area contributed by atoms with Gasteiger partial charge in [-0.15, -0.1) is 0 Å². The van der Waals surface area contributed by atoms with Crippen molar-refractivity contribution in [2.24, 2.45) is 0 Å². The summed E-state index contributed by atoms with van der Waals surface area (Å²) in [6, 6.07) is 2.52. The second-order valence-corrected chi connectivity index (χ2v) is 4.64. The van der Waals surface area contributed by atoms with E-state index in [9.17, 15) is 0 Å². The molecular weight excluding hydrogens is 200 g/mol. The van der Waals surface area contributed by atoms with E-state index < -0.39 is 0 Å². The summed E-state index contributed by atoms with van der Waals surface area (Å²) < 4.78 is 0. The fourth-order valence-corrected chi connectivity index (χ4v) is 2.15. The molecule has 4 heteroatoms. The van der Waals surface area contributed by atoms with E-state index >= 15 is 0 Å². The summed E-state index contributed by atoms with van der Waals surface area (Å²) in [5, 5.41) is 0. The Morgan fingerprint density at radius 1 is 1.38 bits per heavy atom. The molecule has 0 saturated carbocycles.